The van der Waals surface area contributed by atoms with Gasteiger partial charge in [-0.1, -0.05) is 48.6 Å². The van der Waals surface area contributed by atoms with Gasteiger partial charge in [0.05, 0.1) is 0 Å². The highest BCUT2D eigenvalue weighted by Crippen LogP contribution is 2.25. The molecule has 0 fully saturated rings. The molecule has 86 valence electrons. The molecule has 0 aliphatic heterocycles. The molecule has 2 aromatic rings. The quantitative estimate of drug-likeness (QED) is 0.788. The lowest BCUT2D eigenvalue weighted by Crippen LogP contribution is -1.80. The van der Waals surface area contributed by atoms with Crippen LogP contribution in [0.3, 0.4) is 0 Å². The number of phenols is 2. The van der Waals surface area contributed by atoms with E-state index in [9.17, 15) is 10.2 Å². The Morgan fingerprint density at radius 1 is 0.882 bits per heavy atom. The summed E-state index contributed by atoms with van der Waals surface area (Å²) < 4.78 is 0. The third kappa shape index (κ3) is 3.11. The first-order valence-corrected chi connectivity index (χ1v) is 5.48. The molecule has 0 bridgehead atoms. The Bertz CT molecular complexity index is 516. The smallest absolute Gasteiger partial charge is 0.157 e. The second kappa shape index (κ2) is 5.21. The highest BCUT2D eigenvalue weighted by atomic mass is 16.3. The van der Waals surface area contributed by atoms with Crippen LogP contribution < -0.4 is 0 Å². The largest absolute Gasteiger partial charge is 0.504 e. The van der Waals surface area contributed by atoms with Gasteiger partial charge < -0.3 is 10.2 Å². The summed E-state index contributed by atoms with van der Waals surface area (Å²) in [6, 6.07) is 14.9. The highest BCUT2D eigenvalue weighted by molar-refractivity contribution is 5.50. The first-order chi connectivity index (χ1) is 8.25. The Kier molecular flexibility index (Phi) is 3.46. The summed E-state index contributed by atoms with van der Waals surface area (Å²) in [6.07, 6.45) is 4.79. The van der Waals surface area contributed by atoms with Gasteiger partial charge in [0.2, 0.25) is 0 Å². The maximum Gasteiger partial charge on any atom is 0.157 e. The Morgan fingerprint density at radius 3 is 2.35 bits per heavy atom. The molecule has 0 heterocycles. The van der Waals surface area contributed by atoms with Gasteiger partial charge in [-0.25, -0.2) is 0 Å². The van der Waals surface area contributed by atoms with E-state index < -0.39 is 0 Å². The van der Waals surface area contributed by atoms with E-state index in [1.807, 2.05) is 42.5 Å². The van der Waals surface area contributed by atoms with Crippen molar-refractivity contribution >= 4 is 6.08 Å². The molecule has 0 amide bonds. The van der Waals surface area contributed by atoms with Crippen LogP contribution >= 0.6 is 0 Å². The van der Waals surface area contributed by atoms with E-state index in [-0.39, 0.29) is 11.5 Å². The fourth-order valence-electron chi connectivity index (χ4n) is 1.59. The molecule has 2 rings (SSSR count). The molecule has 2 nitrogen and oxygen atoms in total. The van der Waals surface area contributed by atoms with Crippen molar-refractivity contribution in [3.8, 4) is 11.5 Å². The van der Waals surface area contributed by atoms with Gasteiger partial charge in [0.1, 0.15) is 0 Å². The normalized spacial score (nSPS) is 10.8. The topological polar surface area (TPSA) is 40.5 Å². The van der Waals surface area contributed by atoms with Crippen LogP contribution in [0.4, 0.5) is 0 Å². The number of hydrogen-bond donors (Lipinski definition) is 2. The number of hydrogen-bond acceptors (Lipinski definition) is 2. The molecule has 2 heteroatoms. The Balaban J connectivity index is 2.03. The van der Waals surface area contributed by atoms with E-state index >= 15 is 0 Å². The minimum absolute atomic E-state index is 0.0735. The van der Waals surface area contributed by atoms with E-state index in [0.29, 0.717) is 0 Å². The summed E-state index contributed by atoms with van der Waals surface area (Å²) >= 11 is 0. The summed E-state index contributed by atoms with van der Waals surface area (Å²) in [7, 11) is 0. The summed E-state index contributed by atoms with van der Waals surface area (Å²) in [5.41, 5.74) is 2.11. The Labute approximate surface area is 100 Å². The van der Waals surface area contributed by atoms with Crippen molar-refractivity contribution in [2.75, 3.05) is 0 Å². The zero-order valence-corrected chi connectivity index (χ0v) is 9.38. The lowest BCUT2D eigenvalue weighted by atomic mass is 10.1. The Morgan fingerprint density at radius 2 is 1.65 bits per heavy atom. The monoisotopic (exact) mass is 226 g/mol. The zero-order valence-electron chi connectivity index (χ0n) is 9.38. The predicted octanol–water partition coefficient (Wildman–Crippen LogP) is 3.35. The molecular weight excluding hydrogens is 212 g/mol. The predicted molar refractivity (Wildman–Crippen MR) is 69.0 cm³/mol. The van der Waals surface area contributed by atoms with Crippen LogP contribution in [0.25, 0.3) is 6.08 Å². The fraction of sp³-hybridized carbons (Fsp3) is 0.0667. The van der Waals surface area contributed by atoms with Gasteiger partial charge in [0.25, 0.3) is 0 Å². The second-order valence-electron chi connectivity index (χ2n) is 3.84. The molecular formula is C15H14O2. The van der Waals surface area contributed by atoms with Crippen LogP contribution in [-0.4, -0.2) is 10.2 Å². The fourth-order valence-corrected chi connectivity index (χ4v) is 1.59. The van der Waals surface area contributed by atoms with Crippen LogP contribution in [0.1, 0.15) is 11.1 Å². The van der Waals surface area contributed by atoms with E-state index in [1.54, 1.807) is 12.1 Å². The molecule has 0 radical (unpaired) electrons. The van der Waals surface area contributed by atoms with Gasteiger partial charge in [0.15, 0.2) is 11.5 Å². The minimum atomic E-state index is -0.0826. The molecule has 0 saturated heterocycles. The number of benzene rings is 2. The van der Waals surface area contributed by atoms with Crippen LogP contribution in [-0.2, 0) is 6.42 Å². The van der Waals surface area contributed by atoms with Gasteiger partial charge in [-0.3, -0.25) is 0 Å². The lowest BCUT2D eigenvalue weighted by molar-refractivity contribution is 0.403. The van der Waals surface area contributed by atoms with E-state index in [2.05, 4.69) is 0 Å². The molecule has 0 unspecified atom stereocenters. The zero-order chi connectivity index (χ0) is 12.1. The molecule has 0 aromatic heterocycles. The SMILES string of the molecule is Oc1ccc(C/C=C\c2ccccc2)cc1O. The van der Waals surface area contributed by atoms with E-state index in [0.717, 1.165) is 17.5 Å². The maximum absolute atomic E-state index is 9.34. The third-order valence-electron chi connectivity index (χ3n) is 2.50. The van der Waals surface area contributed by atoms with Crippen molar-refractivity contribution in [3.05, 3.63) is 65.7 Å². The van der Waals surface area contributed by atoms with Crippen molar-refractivity contribution in [3.63, 3.8) is 0 Å². The number of allylic oxidation sites excluding steroid dienone is 1. The van der Waals surface area contributed by atoms with Gasteiger partial charge in [-0.15, -0.1) is 0 Å². The Hall–Kier alpha value is -2.22. The molecule has 2 N–H and O–H groups in total. The van der Waals surface area contributed by atoms with Crippen molar-refractivity contribution in [1.82, 2.24) is 0 Å². The highest BCUT2D eigenvalue weighted by Gasteiger charge is 1.98. The van der Waals surface area contributed by atoms with Gasteiger partial charge >= 0.3 is 0 Å². The average Bonchev–Trinajstić information content (AvgIpc) is 2.35. The molecule has 0 aliphatic carbocycles. The molecule has 2 aromatic carbocycles. The van der Waals surface area contributed by atoms with Crippen LogP contribution in [0.15, 0.2) is 54.6 Å². The number of phenolic OH excluding ortho intramolecular Hbond substituents is 2. The van der Waals surface area contributed by atoms with Crippen molar-refractivity contribution in [1.29, 1.82) is 0 Å². The van der Waals surface area contributed by atoms with Crippen LogP contribution in [0.2, 0.25) is 0 Å². The summed E-state index contributed by atoms with van der Waals surface area (Å²) in [5, 5.41) is 18.5. The second-order valence-corrected chi connectivity index (χ2v) is 3.84. The summed E-state index contributed by atoms with van der Waals surface area (Å²) in [5.74, 6) is -0.156. The first-order valence-electron chi connectivity index (χ1n) is 5.48. The molecule has 17 heavy (non-hydrogen) atoms. The molecule has 0 aliphatic rings. The van der Waals surface area contributed by atoms with E-state index in [4.69, 9.17) is 0 Å². The van der Waals surface area contributed by atoms with Crippen molar-refractivity contribution in [2.45, 2.75) is 6.42 Å². The summed E-state index contributed by atoms with van der Waals surface area (Å²) in [6.45, 7) is 0. The molecule has 0 atom stereocenters. The van der Waals surface area contributed by atoms with Gasteiger partial charge in [-0.05, 0) is 29.7 Å². The number of aromatic hydroxyl groups is 2. The lowest BCUT2D eigenvalue weighted by Gasteiger charge is -2.00. The van der Waals surface area contributed by atoms with Gasteiger partial charge in [0, 0.05) is 0 Å². The standard InChI is InChI=1S/C15H14O2/c16-14-10-9-13(11-15(14)17)8-4-7-12-5-2-1-3-6-12/h1-7,9-11,16-17H,8H2/b7-4-. The maximum atomic E-state index is 9.34. The summed E-state index contributed by atoms with van der Waals surface area (Å²) in [4.78, 5) is 0. The molecule has 0 saturated carbocycles. The van der Waals surface area contributed by atoms with E-state index in [1.165, 1.54) is 6.07 Å². The van der Waals surface area contributed by atoms with Crippen molar-refractivity contribution in [2.24, 2.45) is 0 Å². The third-order valence-corrected chi connectivity index (χ3v) is 2.50. The first kappa shape index (κ1) is 11.3. The average molecular weight is 226 g/mol. The van der Waals surface area contributed by atoms with Crippen molar-refractivity contribution < 1.29 is 10.2 Å². The molecule has 0 spiro atoms. The minimum Gasteiger partial charge on any atom is -0.504 e. The van der Waals surface area contributed by atoms with Crippen LogP contribution in [0, 0.1) is 0 Å². The van der Waals surface area contributed by atoms with Crippen LogP contribution in [0.5, 0.6) is 11.5 Å². The van der Waals surface area contributed by atoms with Gasteiger partial charge in [-0.2, -0.15) is 0 Å². The number of rotatable bonds is 3.